The quantitative estimate of drug-likeness (QED) is 0.553. The molecule has 0 aliphatic rings. The van der Waals surface area contributed by atoms with Crippen molar-refractivity contribution in [2.45, 2.75) is 0 Å². The molecule has 6 N–H and O–H groups in total. The van der Waals surface area contributed by atoms with Crippen LogP contribution in [0.15, 0.2) is 50.9 Å². The highest BCUT2D eigenvalue weighted by Gasteiger charge is 2.03. The van der Waals surface area contributed by atoms with Gasteiger partial charge in [-0.15, -0.1) is 0 Å². The number of nitrogens with zero attached hydrogens (tertiary/aromatic N) is 2. The van der Waals surface area contributed by atoms with Gasteiger partial charge in [-0.25, -0.2) is 4.99 Å². The smallest absolute Gasteiger partial charge is 0.223 e. The van der Waals surface area contributed by atoms with E-state index >= 15 is 0 Å². The van der Waals surface area contributed by atoms with E-state index in [1.165, 1.54) is 0 Å². The van der Waals surface area contributed by atoms with Gasteiger partial charge in [0, 0.05) is 9.86 Å². The maximum atomic E-state index is 5.63. The Balaban J connectivity index is 2.59. The van der Waals surface area contributed by atoms with Gasteiger partial charge < -0.3 is 17.2 Å². The summed E-state index contributed by atoms with van der Waals surface area (Å²) >= 11 is 3.49. The van der Waals surface area contributed by atoms with Gasteiger partial charge in [-0.3, -0.25) is 0 Å². The van der Waals surface area contributed by atoms with E-state index in [1.807, 2.05) is 36.4 Å². The largest absolute Gasteiger partial charge is 0.370 e. The third-order valence-corrected chi connectivity index (χ3v) is 3.02. The maximum absolute atomic E-state index is 5.63. The van der Waals surface area contributed by atoms with E-state index in [0.29, 0.717) is 0 Å². The van der Waals surface area contributed by atoms with Crippen molar-refractivity contribution in [1.29, 1.82) is 0 Å². The number of hydrogen-bond acceptors (Lipinski definition) is 1. The minimum atomic E-state index is -0.113. The molecule has 2 aromatic carbocycles. The Morgan fingerprint density at radius 1 is 0.944 bits per heavy atom. The summed E-state index contributed by atoms with van der Waals surface area (Å²) in [6.07, 6.45) is 0. The second-order valence-corrected chi connectivity index (χ2v) is 4.47. The second kappa shape index (κ2) is 5.05. The van der Waals surface area contributed by atoms with E-state index in [0.717, 1.165) is 20.9 Å². The predicted octanol–water partition coefficient (Wildman–Crippen LogP) is 1.82. The standard InChI is InChI=1S/C12H12BrN5/c13-9-5-6-10(17-12(16)18-11(14)15)8-4-2-1-3-7(8)9/h1-6H,(H6,14,15,16,17,18). The van der Waals surface area contributed by atoms with Crippen LogP contribution in [0.3, 0.4) is 0 Å². The first kappa shape index (κ1) is 12.4. The molecule has 0 aromatic heterocycles. The van der Waals surface area contributed by atoms with E-state index in [-0.39, 0.29) is 11.9 Å². The summed E-state index contributed by atoms with van der Waals surface area (Å²) < 4.78 is 0.998. The van der Waals surface area contributed by atoms with Crippen LogP contribution >= 0.6 is 15.9 Å². The van der Waals surface area contributed by atoms with E-state index in [4.69, 9.17) is 17.2 Å². The fourth-order valence-electron chi connectivity index (χ4n) is 1.62. The van der Waals surface area contributed by atoms with Crippen LogP contribution in [0.4, 0.5) is 5.69 Å². The topological polar surface area (TPSA) is 103 Å². The van der Waals surface area contributed by atoms with Gasteiger partial charge in [-0.1, -0.05) is 40.2 Å². The molecule has 0 aliphatic heterocycles. The number of nitrogens with two attached hydrogens (primary N) is 3. The van der Waals surface area contributed by atoms with Gasteiger partial charge in [-0.2, -0.15) is 4.99 Å². The lowest BCUT2D eigenvalue weighted by Crippen LogP contribution is -2.26. The molecular formula is C12H12BrN5. The summed E-state index contributed by atoms with van der Waals surface area (Å²) in [5.41, 5.74) is 16.8. The molecular weight excluding hydrogens is 294 g/mol. The Morgan fingerprint density at radius 2 is 1.61 bits per heavy atom. The first-order valence-electron chi connectivity index (χ1n) is 5.19. The number of benzene rings is 2. The van der Waals surface area contributed by atoms with Crippen LogP contribution < -0.4 is 17.2 Å². The molecule has 18 heavy (non-hydrogen) atoms. The molecule has 6 heteroatoms. The highest BCUT2D eigenvalue weighted by atomic mass is 79.9. The zero-order valence-corrected chi connectivity index (χ0v) is 11.1. The minimum Gasteiger partial charge on any atom is -0.370 e. The Labute approximate surface area is 113 Å². The second-order valence-electron chi connectivity index (χ2n) is 3.62. The van der Waals surface area contributed by atoms with E-state index in [2.05, 4.69) is 25.9 Å². The molecule has 2 aromatic rings. The van der Waals surface area contributed by atoms with Crippen LogP contribution in [-0.4, -0.2) is 11.9 Å². The average molecular weight is 306 g/mol. The Bertz CT molecular complexity index is 644. The third kappa shape index (κ3) is 2.60. The van der Waals surface area contributed by atoms with Gasteiger partial charge in [0.2, 0.25) is 5.96 Å². The van der Waals surface area contributed by atoms with Crippen LogP contribution in [0.1, 0.15) is 0 Å². The molecule has 0 unspecified atom stereocenters. The van der Waals surface area contributed by atoms with Gasteiger partial charge in [0.05, 0.1) is 5.69 Å². The first-order chi connectivity index (χ1) is 8.58. The van der Waals surface area contributed by atoms with Crippen molar-refractivity contribution in [2.75, 3.05) is 0 Å². The number of rotatable bonds is 1. The molecule has 0 heterocycles. The maximum Gasteiger partial charge on any atom is 0.223 e. The van der Waals surface area contributed by atoms with E-state index in [1.54, 1.807) is 0 Å². The predicted molar refractivity (Wildman–Crippen MR) is 78.7 cm³/mol. The molecule has 0 bridgehead atoms. The first-order valence-corrected chi connectivity index (χ1v) is 5.98. The van der Waals surface area contributed by atoms with Crippen molar-refractivity contribution in [1.82, 2.24) is 0 Å². The number of guanidine groups is 2. The Kier molecular flexibility index (Phi) is 3.47. The highest BCUT2D eigenvalue weighted by Crippen LogP contribution is 2.31. The Hall–Kier alpha value is -2.08. The zero-order valence-electron chi connectivity index (χ0n) is 9.47. The monoisotopic (exact) mass is 305 g/mol. The molecule has 0 aliphatic carbocycles. The van der Waals surface area contributed by atoms with Crippen LogP contribution in [-0.2, 0) is 0 Å². The lowest BCUT2D eigenvalue weighted by atomic mass is 10.1. The number of halogens is 1. The summed E-state index contributed by atoms with van der Waals surface area (Å²) in [5, 5.41) is 2.02. The van der Waals surface area contributed by atoms with Crippen molar-refractivity contribution >= 4 is 44.3 Å². The Morgan fingerprint density at radius 3 is 2.28 bits per heavy atom. The molecule has 0 spiro atoms. The summed E-state index contributed by atoms with van der Waals surface area (Å²) in [6, 6.07) is 11.6. The summed E-state index contributed by atoms with van der Waals surface area (Å²) in [7, 11) is 0. The average Bonchev–Trinajstić information content (AvgIpc) is 2.32. The fourth-order valence-corrected chi connectivity index (χ4v) is 2.10. The molecule has 0 saturated heterocycles. The van der Waals surface area contributed by atoms with Crippen LogP contribution in [0, 0.1) is 0 Å². The fraction of sp³-hybridized carbons (Fsp3) is 0. The van der Waals surface area contributed by atoms with Crippen molar-refractivity contribution in [2.24, 2.45) is 27.2 Å². The van der Waals surface area contributed by atoms with Crippen LogP contribution in [0.5, 0.6) is 0 Å². The molecule has 0 fully saturated rings. The number of hydrogen-bond donors (Lipinski definition) is 3. The van der Waals surface area contributed by atoms with Gasteiger partial charge in [-0.05, 0) is 17.5 Å². The molecule has 0 amide bonds. The number of fused-ring (bicyclic) bond motifs is 1. The third-order valence-electron chi connectivity index (χ3n) is 2.33. The minimum absolute atomic E-state index is 0.0301. The van der Waals surface area contributed by atoms with E-state index < -0.39 is 0 Å². The molecule has 2 rings (SSSR count). The van der Waals surface area contributed by atoms with Crippen molar-refractivity contribution < 1.29 is 0 Å². The summed E-state index contributed by atoms with van der Waals surface area (Å²) in [4.78, 5) is 7.88. The lowest BCUT2D eigenvalue weighted by molar-refractivity contribution is 1.39. The summed E-state index contributed by atoms with van der Waals surface area (Å²) in [6.45, 7) is 0. The van der Waals surface area contributed by atoms with Crippen molar-refractivity contribution in [3.8, 4) is 0 Å². The van der Waals surface area contributed by atoms with Crippen LogP contribution in [0.25, 0.3) is 10.8 Å². The lowest BCUT2D eigenvalue weighted by Gasteiger charge is -2.04. The molecule has 92 valence electrons. The molecule has 0 radical (unpaired) electrons. The molecule has 0 saturated carbocycles. The zero-order chi connectivity index (χ0) is 13.1. The molecule has 0 atom stereocenters. The van der Waals surface area contributed by atoms with Gasteiger partial charge >= 0.3 is 0 Å². The van der Waals surface area contributed by atoms with E-state index in [9.17, 15) is 0 Å². The van der Waals surface area contributed by atoms with Gasteiger partial charge in [0.15, 0.2) is 5.96 Å². The normalized spacial score (nSPS) is 11.5. The molecule has 5 nitrogen and oxygen atoms in total. The van der Waals surface area contributed by atoms with Crippen molar-refractivity contribution in [3.63, 3.8) is 0 Å². The SMILES string of the molecule is NC(N)=NC(N)=Nc1ccc(Br)c2ccccc12. The summed E-state index contributed by atoms with van der Waals surface area (Å²) in [5.74, 6) is -0.0832. The number of aliphatic imine (C=N–C) groups is 2. The highest BCUT2D eigenvalue weighted by molar-refractivity contribution is 9.10. The van der Waals surface area contributed by atoms with Crippen molar-refractivity contribution in [3.05, 3.63) is 40.9 Å². The van der Waals surface area contributed by atoms with Crippen LogP contribution in [0.2, 0.25) is 0 Å². The van der Waals surface area contributed by atoms with Gasteiger partial charge in [0.25, 0.3) is 0 Å². The van der Waals surface area contributed by atoms with Gasteiger partial charge in [0.1, 0.15) is 0 Å².